The van der Waals surface area contributed by atoms with Gasteiger partial charge in [0.25, 0.3) is 0 Å². The zero-order valence-electron chi connectivity index (χ0n) is 19.0. The standard InChI is InChI=1S/C32H25NO/c1-34-29-19-11-18-28-31(29)30-26(23-14-7-3-8-15-23)20-25(22-12-5-2-6-13-22)21-27(32(30)33-28)24-16-9-4-10-17-24/h2-21,26,33H,1H3. The molecule has 0 spiro atoms. The number of aromatic amines is 1. The second-order valence-electron chi connectivity index (χ2n) is 8.60. The van der Waals surface area contributed by atoms with Crippen LogP contribution in [0.15, 0.2) is 121 Å². The quantitative estimate of drug-likeness (QED) is 0.303. The van der Waals surface area contributed by atoms with E-state index in [2.05, 4.69) is 120 Å². The van der Waals surface area contributed by atoms with Crippen molar-refractivity contribution in [3.63, 3.8) is 0 Å². The number of ether oxygens (including phenoxy) is 1. The topological polar surface area (TPSA) is 25.0 Å². The first kappa shape index (κ1) is 20.3. The van der Waals surface area contributed by atoms with Crippen molar-refractivity contribution in [2.75, 3.05) is 7.11 Å². The number of hydrogen-bond donors (Lipinski definition) is 1. The normalized spacial score (nSPS) is 15.3. The summed E-state index contributed by atoms with van der Waals surface area (Å²) in [4.78, 5) is 3.77. The SMILES string of the molecule is COc1cccc2[nH]c3c(c12)C(c1ccccc1)C=C(c1ccccc1)C=C3c1ccccc1. The van der Waals surface area contributed by atoms with E-state index in [0.717, 1.165) is 22.3 Å². The average Bonchev–Trinajstić information content (AvgIpc) is 3.21. The molecule has 5 aromatic rings. The second-order valence-corrected chi connectivity index (χ2v) is 8.60. The van der Waals surface area contributed by atoms with Crippen molar-refractivity contribution in [3.05, 3.63) is 149 Å². The van der Waals surface area contributed by atoms with Gasteiger partial charge < -0.3 is 9.72 Å². The van der Waals surface area contributed by atoms with Crippen LogP contribution in [-0.4, -0.2) is 12.1 Å². The Morgan fingerprint density at radius 2 is 1.32 bits per heavy atom. The maximum Gasteiger partial charge on any atom is 0.128 e. The van der Waals surface area contributed by atoms with Crippen molar-refractivity contribution in [2.45, 2.75) is 5.92 Å². The smallest absolute Gasteiger partial charge is 0.128 e. The molecule has 1 unspecified atom stereocenters. The lowest BCUT2D eigenvalue weighted by Gasteiger charge is -2.17. The highest BCUT2D eigenvalue weighted by Gasteiger charge is 2.28. The van der Waals surface area contributed by atoms with E-state index in [1.165, 1.54) is 33.4 Å². The predicted octanol–water partition coefficient (Wildman–Crippen LogP) is 7.84. The Labute approximate surface area is 199 Å². The van der Waals surface area contributed by atoms with Gasteiger partial charge in [-0.05, 0) is 40.5 Å². The van der Waals surface area contributed by atoms with E-state index in [4.69, 9.17) is 4.74 Å². The minimum atomic E-state index is 0.0638. The summed E-state index contributed by atoms with van der Waals surface area (Å²) in [6, 6.07) is 38.3. The molecule has 1 aliphatic rings. The Morgan fingerprint density at radius 3 is 2.00 bits per heavy atom. The molecule has 1 aliphatic carbocycles. The highest BCUT2D eigenvalue weighted by Crippen LogP contribution is 2.46. The Balaban J connectivity index is 1.72. The molecule has 2 heteroatoms. The van der Waals surface area contributed by atoms with Gasteiger partial charge in [0.05, 0.1) is 12.8 Å². The van der Waals surface area contributed by atoms with E-state index in [9.17, 15) is 0 Å². The highest BCUT2D eigenvalue weighted by molar-refractivity contribution is 6.01. The van der Waals surface area contributed by atoms with Crippen molar-refractivity contribution < 1.29 is 4.74 Å². The zero-order valence-corrected chi connectivity index (χ0v) is 19.0. The molecular weight excluding hydrogens is 414 g/mol. The maximum absolute atomic E-state index is 5.87. The number of allylic oxidation sites excluding steroid dienone is 3. The first-order valence-corrected chi connectivity index (χ1v) is 11.6. The molecule has 1 aromatic heterocycles. The second kappa shape index (κ2) is 8.57. The highest BCUT2D eigenvalue weighted by atomic mass is 16.5. The van der Waals surface area contributed by atoms with Crippen LogP contribution in [0.25, 0.3) is 22.0 Å². The fourth-order valence-corrected chi connectivity index (χ4v) is 5.05. The lowest BCUT2D eigenvalue weighted by Crippen LogP contribution is -2.01. The van der Waals surface area contributed by atoms with Gasteiger partial charge in [0.1, 0.15) is 5.75 Å². The minimum Gasteiger partial charge on any atom is -0.496 e. The Morgan fingerprint density at radius 1 is 0.676 bits per heavy atom. The zero-order chi connectivity index (χ0) is 22.9. The molecule has 0 fully saturated rings. The van der Waals surface area contributed by atoms with E-state index in [1.807, 2.05) is 6.07 Å². The van der Waals surface area contributed by atoms with Crippen LogP contribution >= 0.6 is 0 Å². The Kier molecular flexibility index (Phi) is 5.12. The van der Waals surface area contributed by atoms with Crippen molar-refractivity contribution in [1.82, 2.24) is 4.98 Å². The summed E-state index contributed by atoms with van der Waals surface area (Å²) >= 11 is 0. The molecule has 0 saturated carbocycles. The van der Waals surface area contributed by atoms with Crippen molar-refractivity contribution >= 4 is 22.0 Å². The molecule has 0 amide bonds. The summed E-state index contributed by atoms with van der Waals surface area (Å²) < 4.78 is 5.87. The van der Waals surface area contributed by atoms with E-state index in [-0.39, 0.29) is 5.92 Å². The van der Waals surface area contributed by atoms with Crippen molar-refractivity contribution in [3.8, 4) is 5.75 Å². The molecule has 1 atom stereocenters. The molecule has 0 bridgehead atoms. The summed E-state index contributed by atoms with van der Waals surface area (Å²) in [7, 11) is 1.75. The number of methoxy groups -OCH3 is 1. The largest absolute Gasteiger partial charge is 0.496 e. The Bertz CT molecular complexity index is 1510. The molecule has 1 heterocycles. The molecule has 164 valence electrons. The van der Waals surface area contributed by atoms with Crippen LogP contribution in [0.2, 0.25) is 0 Å². The molecular formula is C32H25NO. The summed E-state index contributed by atoms with van der Waals surface area (Å²) in [5.74, 6) is 0.953. The van der Waals surface area contributed by atoms with E-state index in [1.54, 1.807) is 7.11 Å². The Hall–Kier alpha value is -4.30. The molecule has 0 aliphatic heterocycles. The van der Waals surface area contributed by atoms with Gasteiger partial charge in [-0.2, -0.15) is 0 Å². The van der Waals surface area contributed by atoms with Gasteiger partial charge in [-0.3, -0.25) is 0 Å². The molecule has 34 heavy (non-hydrogen) atoms. The first-order valence-electron chi connectivity index (χ1n) is 11.6. The van der Waals surface area contributed by atoms with Gasteiger partial charge in [0.15, 0.2) is 0 Å². The van der Waals surface area contributed by atoms with Crippen LogP contribution < -0.4 is 4.74 Å². The third-order valence-electron chi connectivity index (χ3n) is 6.62. The molecule has 2 nitrogen and oxygen atoms in total. The lowest BCUT2D eigenvalue weighted by atomic mass is 9.87. The number of H-pyrrole nitrogens is 1. The number of hydrogen-bond acceptors (Lipinski definition) is 1. The lowest BCUT2D eigenvalue weighted by molar-refractivity contribution is 0.419. The third-order valence-corrected chi connectivity index (χ3v) is 6.62. The molecule has 1 N–H and O–H groups in total. The number of fused-ring (bicyclic) bond motifs is 3. The van der Waals surface area contributed by atoms with Gasteiger partial charge in [-0.15, -0.1) is 0 Å². The van der Waals surface area contributed by atoms with Crippen LogP contribution in [0.5, 0.6) is 5.75 Å². The van der Waals surface area contributed by atoms with Gasteiger partial charge in [0, 0.05) is 28.0 Å². The monoisotopic (exact) mass is 439 g/mol. The van der Waals surface area contributed by atoms with Gasteiger partial charge >= 0.3 is 0 Å². The van der Waals surface area contributed by atoms with Gasteiger partial charge in [-0.1, -0.05) is 103 Å². The summed E-state index contributed by atoms with van der Waals surface area (Å²) in [6.45, 7) is 0. The molecule has 6 rings (SSSR count). The number of aromatic nitrogens is 1. The van der Waals surface area contributed by atoms with E-state index < -0.39 is 0 Å². The fourth-order valence-electron chi connectivity index (χ4n) is 5.05. The van der Waals surface area contributed by atoms with Crippen LogP contribution in [0.4, 0.5) is 0 Å². The number of nitrogens with one attached hydrogen (secondary N) is 1. The van der Waals surface area contributed by atoms with Crippen molar-refractivity contribution in [2.24, 2.45) is 0 Å². The van der Waals surface area contributed by atoms with Crippen LogP contribution in [0.1, 0.15) is 33.9 Å². The molecule has 0 radical (unpaired) electrons. The number of rotatable bonds is 4. The van der Waals surface area contributed by atoms with Crippen LogP contribution in [0, 0.1) is 0 Å². The molecule has 4 aromatic carbocycles. The van der Waals surface area contributed by atoms with E-state index in [0.29, 0.717) is 0 Å². The molecule has 0 saturated heterocycles. The van der Waals surface area contributed by atoms with Gasteiger partial charge in [0.2, 0.25) is 0 Å². The van der Waals surface area contributed by atoms with Crippen LogP contribution in [0.3, 0.4) is 0 Å². The van der Waals surface area contributed by atoms with E-state index >= 15 is 0 Å². The average molecular weight is 440 g/mol. The maximum atomic E-state index is 5.87. The first-order chi connectivity index (χ1) is 16.8. The van der Waals surface area contributed by atoms with Crippen LogP contribution in [-0.2, 0) is 0 Å². The third kappa shape index (κ3) is 3.45. The summed E-state index contributed by atoms with van der Waals surface area (Å²) in [6.07, 6.45) is 4.73. The summed E-state index contributed by atoms with van der Waals surface area (Å²) in [5.41, 5.74) is 9.52. The van der Waals surface area contributed by atoms with Gasteiger partial charge in [-0.25, -0.2) is 0 Å². The minimum absolute atomic E-state index is 0.0638. The van der Waals surface area contributed by atoms with Crippen molar-refractivity contribution in [1.29, 1.82) is 0 Å². The summed E-state index contributed by atoms with van der Waals surface area (Å²) in [5, 5.41) is 1.14. The fraction of sp³-hybridized carbons (Fsp3) is 0.0625. The predicted molar refractivity (Wildman–Crippen MR) is 141 cm³/mol. The number of benzene rings is 4.